The van der Waals surface area contributed by atoms with Crippen LogP contribution in [0.15, 0.2) is 97.1 Å². The second-order valence-corrected chi connectivity index (χ2v) is 32.3. The van der Waals surface area contributed by atoms with Gasteiger partial charge in [0.2, 0.25) is 0 Å². The molecule has 0 radical (unpaired) electrons. The molecule has 0 unspecified atom stereocenters. The van der Waals surface area contributed by atoms with Crippen LogP contribution < -0.4 is 21.4 Å². The summed E-state index contributed by atoms with van der Waals surface area (Å²) in [7, 11) is 0. The lowest BCUT2D eigenvalue weighted by molar-refractivity contribution is 0.422. The van der Waals surface area contributed by atoms with E-state index in [-0.39, 0.29) is 0 Å². The molecular formula is C76H96N4O4. The van der Waals surface area contributed by atoms with Crippen molar-refractivity contribution in [3.8, 4) is 23.0 Å². The van der Waals surface area contributed by atoms with Crippen molar-refractivity contribution in [2.45, 2.75) is 209 Å². The summed E-state index contributed by atoms with van der Waals surface area (Å²) in [4.78, 5) is 16.1. The van der Waals surface area contributed by atoms with Crippen LogP contribution in [0.4, 0.5) is 0 Å². The molecule has 0 spiro atoms. The minimum Gasteiger partial charge on any atom is -0.507 e. The van der Waals surface area contributed by atoms with Gasteiger partial charge in [-0.15, -0.1) is 0 Å². The Morgan fingerprint density at radius 3 is 0.488 bits per heavy atom. The number of fused-ring (bicyclic) bond motifs is 8. The van der Waals surface area contributed by atoms with Crippen LogP contribution in [-0.4, -0.2) is 40.4 Å². The molecule has 8 bridgehead atoms. The third kappa shape index (κ3) is 11.4. The summed E-state index contributed by atoms with van der Waals surface area (Å²) in [5.74, 6) is 1.24. The third-order valence-electron chi connectivity index (χ3n) is 17.0. The second-order valence-electron chi connectivity index (χ2n) is 32.3. The summed E-state index contributed by atoms with van der Waals surface area (Å²) in [6, 6.07) is 34.7. The molecule has 1 aliphatic heterocycles. The molecule has 9 rings (SSSR count). The number of nitrogens with one attached hydrogen (secondary N) is 4. The van der Waals surface area contributed by atoms with Crippen LogP contribution in [0.1, 0.15) is 256 Å². The first-order valence-corrected chi connectivity index (χ1v) is 30.2. The molecule has 8 aromatic rings. The van der Waals surface area contributed by atoms with Crippen LogP contribution in [0, 0.1) is 0 Å². The van der Waals surface area contributed by atoms with Crippen molar-refractivity contribution in [2.24, 2.45) is 0 Å². The molecular weight excluding hydrogens is 1030 g/mol. The average molecular weight is 1130 g/mol. The van der Waals surface area contributed by atoms with E-state index in [9.17, 15) is 20.4 Å². The molecule has 0 atom stereocenters. The summed E-state index contributed by atoms with van der Waals surface area (Å²) in [6.45, 7) is 51.7. The molecule has 0 saturated heterocycles. The Kier molecular flexibility index (Phi) is 14.7. The van der Waals surface area contributed by atoms with E-state index in [2.05, 4.69) is 283 Å². The third-order valence-corrected chi connectivity index (χ3v) is 17.0. The van der Waals surface area contributed by atoms with Crippen LogP contribution in [0.5, 0.6) is 23.0 Å². The van der Waals surface area contributed by atoms with Crippen molar-refractivity contribution in [3.63, 3.8) is 0 Å². The van der Waals surface area contributed by atoms with E-state index >= 15 is 0 Å². The number of rotatable bonds is 4. The molecule has 0 saturated carbocycles. The number of benzene rings is 4. The molecule has 8 heteroatoms. The summed E-state index contributed by atoms with van der Waals surface area (Å²) in [5, 5.41) is 52.4. The van der Waals surface area contributed by atoms with E-state index < -0.39 is 43.3 Å². The molecule has 84 heavy (non-hydrogen) atoms. The number of phenols is 4. The van der Waals surface area contributed by atoms with Gasteiger partial charge < -0.3 is 40.4 Å². The first-order chi connectivity index (χ1) is 38.3. The predicted octanol–water partition coefficient (Wildman–Crippen LogP) is 15.5. The maximum absolute atomic E-state index is 12.2. The van der Waals surface area contributed by atoms with Gasteiger partial charge in [-0.3, -0.25) is 0 Å². The lowest BCUT2D eigenvalue weighted by atomic mass is 9.77. The Morgan fingerprint density at radius 2 is 0.357 bits per heavy atom. The van der Waals surface area contributed by atoms with Gasteiger partial charge in [-0.05, 0) is 163 Å². The van der Waals surface area contributed by atoms with Gasteiger partial charge in [-0.2, -0.15) is 0 Å². The molecule has 1 aliphatic rings. The molecule has 444 valence electrons. The zero-order chi connectivity index (χ0) is 62.3. The van der Waals surface area contributed by atoms with Gasteiger partial charge in [0, 0.05) is 111 Å². The highest BCUT2D eigenvalue weighted by Crippen LogP contribution is 2.47. The number of hydrogen-bond acceptors (Lipinski definition) is 4. The quantitative estimate of drug-likeness (QED) is 0.0888. The lowest BCUT2D eigenvalue weighted by Crippen LogP contribution is -2.22. The monoisotopic (exact) mass is 1130 g/mol. The summed E-state index contributed by atoms with van der Waals surface area (Å²) < 4.78 is 0. The van der Waals surface area contributed by atoms with Gasteiger partial charge in [0.25, 0.3) is 0 Å². The largest absolute Gasteiger partial charge is 0.507 e. The van der Waals surface area contributed by atoms with E-state index in [1.165, 1.54) is 0 Å². The van der Waals surface area contributed by atoms with Crippen molar-refractivity contribution in [1.82, 2.24) is 19.9 Å². The van der Waals surface area contributed by atoms with Gasteiger partial charge in [0.15, 0.2) is 0 Å². The topological polar surface area (TPSA) is 144 Å². The van der Waals surface area contributed by atoms with Crippen molar-refractivity contribution in [3.05, 3.63) is 208 Å². The fraction of sp³-hybridized carbons (Fsp3) is 0.421. The van der Waals surface area contributed by atoms with Gasteiger partial charge in [-0.1, -0.05) is 166 Å². The average Bonchev–Trinajstić information content (AvgIpc) is 2.61. The minimum absolute atomic E-state index is 0.309. The molecule has 8 N–H and O–H groups in total. The zero-order valence-electron chi connectivity index (χ0n) is 55.0. The number of aromatic amines is 4. The number of phenolic OH excluding ortho intramolecular Hbond substituents is 4. The summed E-state index contributed by atoms with van der Waals surface area (Å²) in [6.07, 6.45) is 0. The van der Waals surface area contributed by atoms with E-state index in [0.29, 0.717) is 23.0 Å². The smallest absolute Gasteiger partial charge is 0.123 e. The first-order valence-electron chi connectivity index (χ1n) is 30.2. The summed E-state index contributed by atoms with van der Waals surface area (Å²) >= 11 is 0. The number of aromatic nitrogens is 4. The maximum atomic E-state index is 12.2. The molecule has 0 aliphatic carbocycles. The summed E-state index contributed by atoms with van der Waals surface area (Å²) in [5.41, 5.74) is 14.6. The molecule has 8 nitrogen and oxygen atoms in total. The van der Waals surface area contributed by atoms with Crippen LogP contribution >= 0.6 is 0 Å². The predicted molar refractivity (Wildman–Crippen MR) is 350 cm³/mol. The maximum Gasteiger partial charge on any atom is 0.123 e. The molecule has 4 aromatic carbocycles. The highest BCUT2D eigenvalue weighted by Gasteiger charge is 2.34. The fourth-order valence-electron chi connectivity index (χ4n) is 12.3. The molecule has 5 heterocycles. The van der Waals surface area contributed by atoms with Crippen molar-refractivity contribution < 1.29 is 20.4 Å². The van der Waals surface area contributed by atoms with Crippen molar-refractivity contribution >= 4 is 22.3 Å². The van der Waals surface area contributed by atoms with Crippen molar-refractivity contribution in [1.29, 1.82) is 0 Å². The highest BCUT2D eigenvalue weighted by molar-refractivity contribution is 5.87. The van der Waals surface area contributed by atoms with Gasteiger partial charge in [0.1, 0.15) is 23.0 Å². The second kappa shape index (κ2) is 20.2. The fourth-order valence-corrected chi connectivity index (χ4v) is 12.3. The van der Waals surface area contributed by atoms with Crippen LogP contribution in [0.3, 0.4) is 0 Å². The van der Waals surface area contributed by atoms with Crippen LogP contribution in [0.25, 0.3) is 22.3 Å². The standard InChI is InChI=1S/C76H96N4O4/c1-69(2,3)45-33-41(34-46(65(45)81)70(4,5)6)61-53-25-27-55(77-53)62(42-35-47(71(7,8)9)66(82)48(36-42)72(10,11)12)57-29-31-59(79-57)64(44-39-51(75(19,20)21)68(84)52(40-44)76(22,23)24)60-32-30-58(80-60)63(56-28-26-54(61)78-56)43-37-49(73(13,14)15)67(83)50(38-43)74(16,17)18/h25-40,77-84H,1-24H3/b61-53-,61-54?,62-55-,62-57?,63-56?,63-58-,64-59?,64-60-. The number of aromatic hydroxyl groups is 4. The Balaban J connectivity index is 1.56. The zero-order valence-corrected chi connectivity index (χ0v) is 55.0. The first kappa shape index (κ1) is 61.2. The molecule has 4 aromatic heterocycles. The van der Waals surface area contributed by atoms with E-state index in [4.69, 9.17) is 0 Å². The molecule has 0 fully saturated rings. The van der Waals surface area contributed by atoms with Gasteiger partial charge in [-0.25, -0.2) is 0 Å². The van der Waals surface area contributed by atoms with E-state index in [1.807, 2.05) is 0 Å². The SMILES string of the molecule is CC(C)(C)c1cc(/C2=c3\cc/c([nH]3)=C(\c3cc(C(C)(C)C)c(O)c(C(C)(C)C)c3)c3ccc([nH]3)/C(c3cc(C(C)(C)C)c(O)c(C(C)(C)C)c3)=c3/cc/c([nH]3)=C(\c3cc(C(C)(C)C)c(O)c(C(C)(C)C)c3)c3ccc2[nH]3)cc(C(C)(C)C)c1O. The minimum atomic E-state index is -0.402. The van der Waals surface area contributed by atoms with Crippen LogP contribution in [0.2, 0.25) is 0 Å². The van der Waals surface area contributed by atoms with Crippen LogP contribution in [-0.2, 0) is 43.3 Å². The van der Waals surface area contributed by atoms with E-state index in [1.54, 1.807) is 0 Å². The highest BCUT2D eigenvalue weighted by atomic mass is 16.3. The van der Waals surface area contributed by atoms with E-state index in [0.717, 1.165) is 133 Å². The molecule has 0 amide bonds. The normalized spacial score (nSPS) is 16.9. The van der Waals surface area contributed by atoms with Crippen molar-refractivity contribution in [2.75, 3.05) is 0 Å². The Bertz CT molecular complexity index is 3500. The number of H-pyrrole nitrogens is 4. The Labute approximate surface area is 500 Å². The Morgan fingerprint density at radius 1 is 0.214 bits per heavy atom. The Hall–Kier alpha value is -7.32. The number of hydrogen-bond donors (Lipinski definition) is 8. The van der Waals surface area contributed by atoms with Gasteiger partial charge in [0.05, 0.1) is 0 Å². The van der Waals surface area contributed by atoms with Gasteiger partial charge >= 0.3 is 0 Å². The lowest BCUT2D eigenvalue weighted by Gasteiger charge is -2.29.